The van der Waals surface area contributed by atoms with Crippen LogP contribution in [0.1, 0.15) is 39.5 Å². The Hall–Kier alpha value is -0.120. The van der Waals surface area contributed by atoms with E-state index in [0.29, 0.717) is 6.04 Å². The maximum absolute atomic E-state index is 5.86. The Morgan fingerprint density at radius 2 is 2.12 bits per heavy atom. The smallest absolute Gasteiger partial charge is 0.0593 e. The van der Waals surface area contributed by atoms with Gasteiger partial charge in [0.25, 0.3) is 0 Å². The third-order valence-electron chi connectivity index (χ3n) is 3.67. The molecule has 2 unspecified atom stereocenters. The van der Waals surface area contributed by atoms with Crippen LogP contribution >= 0.6 is 0 Å². The molecular weight excluding hydrogens is 200 g/mol. The standard InChI is InChI=1S/C13H28N2O/c1-3-8-16-9-7-15-6-5-12(4-2)10-13(15)11-14/h12-13H,3-11,14H2,1-2H3. The maximum Gasteiger partial charge on any atom is 0.0593 e. The first-order valence-corrected chi connectivity index (χ1v) is 6.83. The molecule has 96 valence electrons. The van der Waals surface area contributed by atoms with E-state index in [0.717, 1.165) is 38.6 Å². The van der Waals surface area contributed by atoms with Crippen LogP contribution in [0, 0.1) is 5.92 Å². The molecule has 1 heterocycles. The van der Waals surface area contributed by atoms with Crippen molar-refractivity contribution in [3.63, 3.8) is 0 Å². The minimum Gasteiger partial charge on any atom is -0.380 e. The highest BCUT2D eigenvalue weighted by Gasteiger charge is 2.25. The van der Waals surface area contributed by atoms with Gasteiger partial charge in [-0.3, -0.25) is 4.90 Å². The monoisotopic (exact) mass is 228 g/mol. The molecule has 0 aromatic heterocycles. The first kappa shape index (κ1) is 13.9. The zero-order valence-corrected chi connectivity index (χ0v) is 11.0. The summed E-state index contributed by atoms with van der Waals surface area (Å²) in [7, 11) is 0. The lowest BCUT2D eigenvalue weighted by molar-refractivity contribution is 0.0598. The average molecular weight is 228 g/mol. The molecule has 1 aliphatic rings. The average Bonchev–Trinajstić information content (AvgIpc) is 2.34. The molecule has 0 aromatic rings. The van der Waals surface area contributed by atoms with E-state index in [1.54, 1.807) is 0 Å². The van der Waals surface area contributed by atoms with Gasteiger partial charge in [-0.05, 0) is 31.7 Å². The van der Waals surface area contributed by atoms with Gasteiger partial charge in [-0.2, -0.15) is 0 Å². The molecule has 3 heteroatoms. The molecule has 1 saturated heterocycles. The quantitative estimate of drug-likeness (QED) is 0.676. The van der Waals surface area contributed by atoms with Crippen LogP contribution in [0.25, 0.3) is 0 Å². The topological polar surface area (TPSA) is 38.5 Å². The summed E-state index contributed by atoms with van der Waals surface area (Å²) in [5, 5.41) is 0. The summed E-state index contributed by atoms with van der Waals surface area (Å²) >= 11 is 0. The van der Waals surface area contributed by atoms with E-state index in [-0.39, 0.29) is 0 Å². The van der Waals surface area contributed by atoms with Crippen molar-refractivity contribution in [1.82, 2.24) is 4.90 Å². The predicted molar refractivity (Wildman–Crippen MR) is 68.5 cm³/mol. The van der Waals surface area contributed by atoms with Gasteiger partial charge >= 0.3 is 0 Å². The second kappa shape index (κ2) is 8.04. The molecular formula is C13H28N2O. The van der Waals surface area contributed by atoms with Gasteiger partial charge in [0.1, 0.15) is 0 Å². The maximum atomic E-state index is 5.86. The summed E-state index contributed by atoms with van der Waals surface area (Å²) < 4.78 is 5.55. The Labute approximate surface area is 100 Å². The summed E-state index contributed by atoms with van der Waals surface area (Å²) in [6.45, 7) is 9.24. The van der Waals surface area contributed by atoms with E-state index in [1.807, 2.05) is 0 Å². The highest BCUT2D eigenvalue weighted by Crippen LogP contribution is 2.24. The zero-order valence-electron chi connectivity index (χ0n) is 11.0. The lowest BCUT2D eigenvalue weighted by Gasteiger charge is -2.38. The van der Waals surface area contributed by atoms with Crippen LogP contribution in [0.4, 0.5) is 0 Å². The fourth-order valence-corrected chi connectivity index (χ4v) is 2.52. The van der Waals surface area contributed by atoms with E-state index >= 15 is 0 Å². The van der Waals surface area contributed by atoms with Gasteiger partial charge in [-0.25, -0.2) is 0 Å². The molecule has 1 aliphatic heterocycles. The lowest BCUT2D eigenvalue weighted by atomic mass is 9.89. The van der Waals surface area contributed by atoms with E-state index in [1.165, 1.54) is 25.8 Å². The summed E-state index contributed by atoms with van der Waals surface area (Å²) in [6, 6.07) is 0.587. The number of nitrogens with zero attached hydrogens (tertiary/aromatic N) is 1. The van der Waals surface area contributed by atoms with Gasteiger partial charge in [0.05, 0.1) is 6.61 Å². The number of rotatable bonds is 7. The highest BCUT2D eigenvalue weighted by atomic mass is 16.5. The van der Waals surface area contributed by atoms with Crippen LogP contribution in [-0.2, 0) is 4.74 Å². The van der Waals surface area contributed by atoms with Gasteiger partial charge in [-0.1, -0.05) is 20.3 Å². The van der Waals surface area contributed by atoms with Gasteiger partial charge in [0, 0.05) is 25.7 Å². The highest BCUT2D eigenvalue weighted by molar-refractivity contribution is 4.81. The first-order chi connectivity index (χ1) is 7.81. The van der Waals surface area contributed by atoms with Crippen LogP contribution in [-0.4, -0.2) is 43.8 Å². The fourth-order valence-electron chi connectivity index (χ4n) is 2.52. The number of piperidine rings is 1. The second-order valence-corrected chi connectivity index (χ2v) is 4.84. The summed E-state index contributed by atoms with van der Waals surface area (Å²) in [6.07, 6.45) is 5.02. The molecule has 0 spiro atoms. The van der Waals surface area contributed by atoms with Gasteiger partial charge in [0.2, 0.25) is 0 Å². The first-order valence-electron chi connectivity index (χ1n) is 6.83. The normalized spacial score (nSPS) is 27.2. The van der Waals surface area contributed by atoms with Crippen molar-refractivity contribution >= 4 is 0 Å². The number of nitrogens with two attached hydrogens (primary N) is 1. The number of likely N-dealkylation sites (tertiary alicyclic amines) is 1. The molecule has 1 fully saturated rings. The van der Waals surface area contributed by atoms with Crippen LogP contribution in [0.5, 0.6) is 0 Å². The third-order valence-corrected chi connectivity index (χ3v) is 3.67. The minimum atomic E-state index is 0.587. The van der Waals surface area contributed by atoms with Crippen molar-refractivity contribution in [3.8, 4) is 0 Å². The molecule has 16 heavy (non-hydrogen) atoms. The van der Waals surface area contributed by atoms with E-state index in [4.69, 9.17) is 10.5 Å². The molecule has 0 aliphatic carbocycles. The van der Waals surface area contributed by atoms with Crippen molar-refractivity contribution in [2.45, 2.75) is 45.6 Å². The van der Waals surface area contributed by atoms with E-state index < -0.39 is 0 Å². The molecule has 0 radical (unpaired) electrons. The Morgan fingerprint density at radius 1 is 1.31 bits per heavy atom. The van der Waals surface area contributed by atoms with Crippen molar-refractivity contribution in [2.75, 3.05) is 32.8 Å². The van der Waals surface area contributed by atoms with Crippen LogP contribution in [0.15, 0.2) is 0 Å². The molecule has 1 rings (SSSR count). The van der Waals surface area contributed by atoms with Crippen molar-refractivity contribution in [1.29, 1.82) is 0 Å². The Kier molecular flexibility index (Phi) is 7.01. The Morgan fingerprint density at radius 3 is 2.75 bits per heavy atom. The molecule has 0 amide bonds. The minimum absolute atomic E-state index is 0.587. The van der Waals surface area contributed by atoms with Crippen LogP contribution < -0.4 is 5.73 Å². The summed E-state index contributed by atoms with van der Waals surface area (Å²) in [4.78, 5) is 2.52. The SMILES string of the molecule is CCCOCCN1CCC(CC)CC1CN. The van der Waals surface area contributed by atoms with E-state index in [9.17, 15) is 0 Å². The van der Waals surface area contributed by atoms with Crippen molar-refractivity contribution in [3.05, 3.63) is 0 Å². The van der Waals surface area contributed by atoms with Crippen LogP contribution in [0.2, 0.25) is 0 Å². The summed E-state index contributed by atoms with van der Waals surface area (Å²) in [5.74, 6) is 0.890. The van der Waals surface area contributed by atoms with Gasteiger partial charge in [0.15, 0.2) is 0 Å². The van der Waals surface area contributed by atoms with Gasteiger partial charge in [-0.15, -0.1) is 0 Å². The number of hydrogen-bond donors (Lipinski definition) is 1. The second-order valence-electron chi connectivity index (χ2n) is 4.84. The van der Waals surface area contributed by atoms with Gasteiger partial charge < -0.3 is 10.5 Å². The molecule has 0 bridgehead atoms. The third kappa shape index (κ3) is 4.40. The largest absolute Gasteiger partial charge is 0.380 e. The molecule has 3 nitrogen and oxygen atoms in total. The molecule has 2 atom stereocenters. The molecule has 0 aromatic carbocycles. The molecule has 0 saturated carbocycles. The van der Waals surface area contributed by atoms with Crippen molar-refractivity contribution < 1.29 is 4.74 Å². The number of hydrogen-bond acceptors (Lipinski definition) is 3. The van der Waals surface area contributed by atoms with Crippen LogP contribution in [0.3, 0.4) is 0 Å². The lowest BCUT2D eigenvalue weighted by Crippen LogP contribution is -2.47. The Bertz CT molecular complexity index is 175. The van der Waals surface area contributed by atoms with E-state index in [2.05, 4.69) is 18.7 Å². The fraction of sp³-hybridized carbons (Fsp3) is 1.00. The number of ether oxygens (including phenoxy) is 1. The van der Waals surface area contributed by atoms with Crippen molar-refractivity contribution in [2.24, 2.45) is 11.7 Å². The zero-order chi connectivity index (χ0) is 11.8. The predicted octanol–water partition coefficient (Wildman–Crippen LogP) is 1.86. The molecule has 2 N–H and O–H groups in total. The Balaban J connectivity index is 2.24. The summed E-state index contributed by atoms with van der Waals surface area (Å²) in [5.41, 5.74) is 5.86.